The number of rotatable bonds is 6. The zero-order valence-corrected chi connectivity index (χ0v) is 14.3. The van der Waals surface area contributed by atoms with Crippen LogP contribution in [0.4, 0.5) is 0 Å². The van der Waals surface area contributed by atoms with Gasteiger partial charge >= 0.3 is 5.97 Å². The van der Waals surface area contributed by atoms with E-state index >= 15 is 0 Å². The average molecular weight is 362 g/mol. The molecule has 1 aliphatic heterocycles. The molecule has 0 spiro atoms. The lowest BCUT2D eigenvalue weighted by Gasteiger charge is -2.32. The number of carbonyl (C=O) groups is 2. The van der Waals surface area contributed by atoms with E-state index in [1.54, 1.807) is 34.7 Å². The van der Waals surface area contributed by atoms with E-state index in [1.807, 2.05) is 5.38 Å². The van der Waals surface area contributed by atoms with Gasteiger partial charge in [-0.1, -0.05) is 6.07 Å². The van der Waals surface area contributed by atoms with Crippen LogP contribution < -0.4 is 4.74 Å². The van der Waals surface area contributed by atoms with Crippen LogP contribution >= 0.6 is 11.3 Å². The quantitative estimate of drug-likeness (QED) is 0.846. The molecule has 1 aromatic heterocycles. The Labute approximate surface area is 148 Å². The maximum Gasteiger partial charge on any atom is 0.306 e. The number of aliphatic carboxylic acids is 1. The van der Waals surface area contributed by atoms with Crippen molar-refractivity contribution < 1.29 is 24.2 Å². The molecule has 1 aliphatic rings. The van der Waals surface area contributed by atoms with Crippen LogP contribution in [0.5, 0.6) is 5.75 Å². The van der Waals surface area contributed by atoms with Crippen LogP contribution in [0.15, 0.2) is 35.2 Å². The summed E-state index contributed by atoms with van der Waals surface area (Å²) < 4.78 is 11.1. The summed E-state index contributed by atoms with van der Waals surface area (Å²) in [7, 11) is 0. The van der Waals surface area contributed by atoms with Crippen LogP contribution in [0.3, 0.4) is 0 Å². The number of aromatic nitrogens is 1. The molecule has 2 aromatic rings. The fourth-order valence-electron chi connectivity index (χ4n) is 2.59. The normalized spacial score (nSPS) is 17.3. The molecule has 0 radical (unpaired) electrons. The predicted octanol–water partition coefficient (Wildman–Crippen LogP) is 2.04. The molecular formula is C17H18N2O5S. The summed E-state index contributed by atoms with van der Waals surface area (Å²) in [5.41, 5.74) is 3.09. The molecule has 0 saturated carbocycles. The first kappa shape index (κ1) is 17.4. The minimum atomic E-state index is -0.934. The van der Waals surface area contributed by atoms with Gasteiger partial charge in [-0.2, -0.15) is 0 Å². The van der Waals surface area contributed by atoms with Crippen molar-refractivity contribution in [1.29, 1.82) is 0 Å². The van der Waals surface area contributed by atoms with Crippen LogP contribution in [0.1, 0.15) is 22.5 Å². The molecule has 0 aliphatic carbocycles. The molecule has 0 unspecified atom stereocenters. The third kappa shape index (κ3) is 4.77. The van der Waals surface area contributed by atoms with Gasteiger partial charge in [0.25, 0.3) is 5.91 Å². The van der Waals surface area contributed by atoms with Gasteiger partial charge in [0, 0.05) is 24.0 Å². The van der Waals surface area contributed by atoms with Gasteiger partial charge in [-0.15, -0.1) is 11.3 Å². The lowest BCUT2D eigenvalue weighted by atomic mass is 10.1. The number of benzene rings is 1. The van der Waals surface area contributed by atoms with E-state index in [-0.39, 0.29) is 18.9 Å². The lowest BCUT2D eigenvalue weighted by molar-refractivity contribution is -0.141. The first-order valence-corrected chi connectivity index (χ1v) is 8.78. The summed E-state index contributed by atoms with van der Waals surface area (Å²) in [6.45, 7) is 1.40. The fourth-order valence-corrected chi connectivity index (χ4v) is 3.13. The summed E-state index contributed by atoms with van der Waals surface area (Å²) in [5.74, 6) is -0.497. The van der Waals surface area contributed by atoms with Crippen LogP contribution in [0.2, 0.25) is 0 Å². The van der Waals surface area contributed by atoms with E-state index < -0.39 is 12.1 Å². The first-order chi connectivity index (χ1) is 12.1. The number of thiazole rings is 1. The van der Waals surface area contributed by atoms with Crippen molar-refractivity contribution in [3.63, 3.8) is 0 Å². The second-order valence-corrected chi connectivity index (χ2v) is 6.36. The minimum absolute atomic E-state index is 0.111. The van der Waals surface area contributed by atoms with Gasteiger partial charge < -0.3 is 19.5 Å². The van der Waals surface area contributed by atoms with E-state index in [0.717, 1.165) is 5.69 Å². The Morgan fingerprint density at radius 2 is 2.32 bits per heavy atom. The van der Waals surface area contributed by atoms with E-state index in [1.165, 1.54) is 11.3 Å². The summed E-state index contributed by atoms with van der Waals surface area (Å²) >= 11 is 1.50. The predicted molar refractivity (Wildman–Crippen MR) is 90.8 cm³/mol. The van der Waals surface area contributed by atoms with E-state index in [9.17, 15) is 9.59 Å². The third-order valence-electron chi connectivity index (χ3n) is 3.78. The maximum atomic E-state index is 12.7. The largest absolute Gasteiger partial charge is 0.487 e. The summed E-state index contributed by atoms with van der Waals surface area (Å²) in [4.78, 5) is 29.3. The lowest BCUT2D eigenvalue weighted by Crippen LogP contribution is -2.46. The van der Waals surface area contributed by atoms with Crippen LogP contribution in [0, 0.1) is 0 Å². The van der Waals surface area contributed by atoms with Gasteiger partial charge in [-0.25, -0.2) is 4.98 Å². The highest BCUT2D eigenvalue weighted by molar-refractivity contribution is 7.07. The number of ether oxygens (including phenoxy) is 2. The van der Waals surface area contributed by atoms with Gasteiger partial charge in [-0.3, -0.25) is 9.59 Å². The maximum absolute atomic E-state index is 12.7. The molecule has 1 fully saturated rings. The number of amides is 1. The minimum Gasteiger partial charge on any atom is -0.487 e. The Hall–Kier alpha value is -2.45. The van der Waals surface area contributed by atoms with Gasteiger partial charge in [0.15, 0.2) is 0 Å². The van der Waals surface area contributed by atoms with Crippen LogP contribution in [0.25, 0.3) is 0 Å². The second-order valence-electron chi connectivity index (χ2n) is 5.64. The summed E-state index contributed by atoms with van der Waals surface area (Å²) in [6.07, 6.45) is -0.583. The Kier molecular flexibility index (Phi) is 5.62. The monoisotopic (exact) mass is 362 g/mol. The zero-order valence-electron chi connectivity index (χ0n) is 13.5. The number of nitrogens with zero attached hydrogens (tertiary/aromatic N) is 2. The second kappa shape index (κ2) is 8.09. The summed E-state index contributed by atoms with van der Waals surface area (Å²) in [6, 6.07) is 6.96. The third-order valence-corrected chi connectivity index (χ3v) is 4.41. The topological polar surface area (TPSA) is 89.0 Å². The highest BCUT2D eigenvalue weighted by Crippen LogP contribution is 2.18. The number of morpholine rings is 1. The number of hydrogen-bond donors (Lipinski definition) is 1. The molecule has 1 aromatic carbocycles. The van der Waals surface area contributed by atoms with Crippen molar-refractivity contribution in [2.24, 2.45) is 0 Å². The molecule has 25 heavy (non-hydrogen) atoms. The molecule has 2 heterocycles. The first-order valence-electron chi connectivity index (χ1n) is 7.84. The molecular weight excluding hydrogens is 344 g/mol. The van der Waals surface area contributed by atoms with Gasteiger partial charge in [0.2, 0.25) is 0 Å². The molecule has 8 heteroatoms. The molecule has 0 bridgehead atoms. The van der Waals surface area contributed by atoms with E-state index in [0.29, 0.717) is 31.1 Å². The zero-order chi connectivity index (χ0) is 17.6. The fraction of sp³-hybridized carbons (Fsp3) is 0.353. The van der Waals surface area contributed by atoms with E-state index in [4.69, 9.17) is 14.6 Å². The Morgan fingerprint density at radius 3 is 3.08 bits per heavy atom. The molecule has 1 N–H and O–H groups in total. The number of carbonyl (C=O) groups excluding carboxylic acids is 1. The van der Waals surface area contributed by atoms with Crippen LogP contribution in [-0.4, -0.2) is 52.7 Å². The van der Waals surface area contributed by atoms with Gasteiger partial charge in [-0.05, 0) is 18.2 Å². The molecule has 1 saturated heterocycles. The molecule has 3 rings (SSSR count). The van der Waals surface area contributed by atoms with Crippen molar-refractivity contribution in [2.75, 3.05) is 19.7 Å². The van der Waals surface area contributed by atoms with Crippen molar-refractivity contribution in [1.82, 2.24) is 9.88 Å². The number of carboxylic acid groups (broad SMARTS) is 1. The molecule has 1 atom stereocenters. The van der Waals surface area contributed by atoms with Gasteiger partial charge in [0.05, 0.1) is 30.3 Å². The summed E-state index contributed by atoms with van der Waals surface area (Å²) in [5, 5.41) is 10.8. The highest BCUT2D eigenvalue weighted by atomic mass is 32.1. The number of hydrogen-bond acceptors (Lipinski definition) is 6. The smallest absolute Gasteiger partial charge is 0.306 e. The average Bonchev–Trinajstić information content (AvgIpc) is 3.13. The van der Waals surface area contributed by atoms with Gasteiger partial charge in [0.1, 0.15) is 12.4 Å². The van der Waals surface area contributed by atoms with E-state index in [2.05, 4.69) is 4.98 Å². The Bertz CT molecular complexity index is 734. The molecule has 1 amide bonds. The van der Waals surface area contributed by atoms with Crippen molar-refractivity contribution in [3.05, 3.63) is 46.4 Å². The Morgan fingerprint density at radius 1 is 1.44 bits per heavy atom. The van der Waals surface area contributed by atoms with Crippen molar-refractivity contribution >= 4 is 23.2 Å². The standard InChI is InChI=1S/C17H18N2O5S/c20-16(21)7-15-8-19(4-5-23-15)17(22)12-2-1-3-14(6-12)24-9-13-10-25-11-18-13/h1-3,6,10-11,15H,4-5,7-9H2,(H,20,21)/t15-/m0/s1. The van der Waals surface area contributed by atoms with Crippen molar-refractivity contribution in [2.45, 2.75) is 19.1 Å². The highest BCUT2D eigenvalue weighted by Gasteiger charge is 2.26. The molecule has 132 valence electrons. The van der Waals surface area contributed by atoms with Crippen molar-refractivity contribution in [3.8, 4) is 5.75 Å². The number of carboxylic acids is 1. The molecule has 7 nitrogen and oxygen atoms in total. The SMILES string of the molecule is O=C(O)C[C@H]1CN(C(=O)c2cccc(OCc3cscn3)c2)CCO1. The van der Waals surface area contributed by atoms with Crippen LogP contribution in [-0.2, 0) is 16.1 Å². The Balaban J connectivity index is 1.63.